The van der Waals surface area contributed by atoms with E-state index in [1.807, 2.05) is 13.0 Å². The number of nitrogens with two attached hydrogens (primary N) is 1. The highest BCUT2D eigenvalue weighted by atomic mass is 15.0. The minimum Gasteiger partial charge on any atom is -0.320 e. The lowest BCUT2D eigenvalue weighted by molar-refractivity contribution is 0.480. The van der Waals surface area contributed by atoms with E-state index in [9.17, 15) is 0 Å². The number of hydrogen-bond acceptors (Lipinski definition) is 2. The molecule has 2 aliphatic carbocycles. The highest BCUT2D eigenvalue weighted by Gasteiger charge is 2.63. The van der Waals surface area contributed by atoms with Gasteiger partial charge < -0.3 is 5.73 Å². The Morgan fingerprint density at radius 1 is 1.27 bits per heavy atom. The molecule has 2 N–H and O–H groups in total. The lowest BCUT2D eigenvalue weighted by Crippen LogP contribution is -2.25. The summed E-state index contributed by atoms with van der Waals surface area (Å²) in [6, 6.07) is 6.22. The molecule has 3 rings (SSSR count). The monoisotopic (exact) mass is 202 g/mol. The molecule has 80 valence electrons. The molecule has 0 bridgehead atoms. The van der Waals surface area contributed by atoms with Crippen molar-refractivity contribution in [2.24, 2.45) is 17.6 Å². The van der Waals surface area contributed by atoms with Crippen LogP contribution in [-0.4, -0.2) is 4.98 Å². The van der Waals surface area contributed by atoms with Crippen molar-refractivity contribution in [1.82, 2.24) is 4.98 Å². The fourth-order valence-corrected chi connectivity index (χ4v) is 3.34. The van der Waals surface area contributed by atoms with E-state index in [4.69, 9.17) is 5.73 Å². The first kappa shape index (κ1) is 9.34. The largest absolute Gasteiger partial charge is 0.320 e. The molecule has 0 amide bonds. The first-order chi connectivity index (χ1) is 7.23. The van der Waals surface area contributed by atoms with Gasteiger partial charge in [0.05, 0.1) is 11.2 Å². The molecular formula is C13H18N2. The van der Waals surface area contributed by atoms with Crippen molar-refractivity contribution in [1.29, 1.82) is 0 Å². The molecule has 0 aromatic carbocycles. The molecule has 1 aromatic rings. The molecular weight excluding hydrogens is 184 g/mol. The summed E-state index contributed by atoms with van der Waals surface area (Å²) in [5.41, 5.74) is 8.65. The lowest BCUT2D eigenvalue weighted by Gasteiger charge is -2.11. The van der Waals surface area contributed by atoms with Crippen molar-refractivity contribution in [2.75, 3.05) is 0 Å². The Bertz CT molecular complexity index is 374. The molecule has 2 aliphatic rings. The summed E-state index contributed by atoms with van der Waals surface area (Å²) in [6.07, 6.45) is 5.31. The van der Waals surface area contributed by atoms with Crippen molar-refractivity contribution in [3.63, 3.8) is 0 Å². The van der Waals surface area contributed by atoms with Gasteiger partial charge in [-0.2, -0.15) is 0 Å². The molecule has 2 saturated carbocycles. The second-order valence-corrected chi connectivity index (χ2v) is 5.09. The number of hydrogen-bond donors (Lipinski definition) is 1. The van der Waals surface area contributed by atoms with Crippen LogP contribution in [0, 0.1) is 18.8 Å². The van der Waals surface area contributed by atoms with Gasteiger partial charge in [-0.1, -0.05) is 18.9 Å². The highest BCUT2D eigenvalue weighted by molar-refractivity contribution is 5.31. The topological polar surface area (TPSA) is 38.9 Å². The predicted octanol–water partition coefficient (Wildman–Crippen LogP) is 2.36. The van der Waals surface area contributed by atoms with Crippen LogP contribution in [0.2, 0.25) is 0 Å². The molecule has 1 heterocycles. The van der Waals surface area contributed by atoms with Crippen LogP contribution in [-0.2, 0) is 5.54 Å². The van der Waals surface area contributed by atoms with Crippen LogP contribution < -0.4 is 5.73 Å². The maximum absolute atomic E-state index is 6.52. The van der Waals surface area contributed by atoms with E-state index in [-0.39, 0.29) is 5.54 Å². The standard InChI is InChI=1S/C13H18N2/c1-9-5-4-8-12(15-9)13(14)10-6-2-3-7-11(10)13/h4-5,8,10-11H,2-3,6-7,14H2,1H3. The molecule has 15 heavy (non-hydrogen) atoms. The van der Waals surface area contributed by atoms with E-state index in [1.165, 1.54) is 25.7 Å². The van der Waals surface area contributed by atoms with Gasteiger partial charge in [-0.15, -0.1) is 0 Å². The smallest absolute Gasteiger partial charge is 0.0647 e. The quantitative estimate of drug-likeness (QED) is 0.759. The van der Waals surface area contributed by atoms with Gasteiger partial charge >= 0.3 is 0 Å². The zero-order chi connectivity index (χ0) is 10.5. The number of aryl methyl sites for hydroxylation is 1. The molecule has 2 unspecified atom stereocenters. The van der Waals surface area contributed by atoms with Crippen LogP contribution in [0.1, 0.15) is 37.1 Å². The fraction of sp³-hybridized carbons (Fsp3) is 0.615. The maximum atomic E-state index is 6.52. The third kappa shape index (κ3) is 1.24. The molecule has 1 aromatic heterocycles. The van der Waals surface area contributed by atoms with Gasteiger partial charge in [0, 0.05) is 5.69 Å². The molecule has 2 atom stereocenters. The first-order valence-electron chi connectivity index (χ1n) is 5.96. The van der Waals surface area contributed by atoms with E-state index in [1.54, 1.807) is 0 Å². The number of pyridine rings is 1. The Morgan fingerprint density at radius 3 is 2.53 bits per heavy atom. The Labute approximate surface area is 90.9 Å². The third-order valence-corrected chi connectivity index (χ3v) is 4.22. The van der Waals surface area contributed by atoms with Crippen LogP contribution in [0.25, 0.3) is 0 Å². The highest BCUT2D eigenvalue weighted by Crippen LogP contribution is 2.62. The normalized spacial score (nSPS) is 38.5. The number of fused-ring (bicyclic) bond motifs is 1. The maximum Gasteiger partial charge on any atom is 0.0647 e. The third-order valence-electron chi connectivity index (χ3n) is 4.22. The summed E-state index contributed by atoms with van der Waals surface area (Å²) < 4.78 is 0. The van der Waals surface area contributed by atoms with Crippen molar-refractivity contribution in [3.05, 3.63) is 29.6 Å². The Hall–Kier alpha value is -0.890. The van der Waals surface area contributed by atoms with Crippen molar-refractivity contribution >= 4 is 0 Å². The van der Waals surface area contributed by atoms with Crippen molar-refractivity contribution in [2.45, 2.75) is 38.1 Å². The van der Waals surface area contributed by atoms with Crippen LogP contribution in [0.4, 0.5) is 0 Å². The molecule has 0 saturated heterocycles. The predicted molar refractivity (Wildman–Crippen MR) is 60.3 cm³/mol. The van der Waals surface area contributed by atoms with Gasteiger partial charge in [0.15, 0.2) is 0 Å². The molecule has 0 spiro atoms. The zero-order valence-electron chi connectivity index (χ0n) is 9.24. The summed E-state index contributed by atoms with van der Waals surface area (Å²) in [6.45, 7) is 2.04. The first-order valence-corrected chi connectivity index (χ1v) is 5.96. The van der Waals surface area contributed by atoms with Crippen LogP contribution in [0.15, 0.2) is 18.2 Å². The van der Waals surface area contributed by atoms with E-state index >= 15 is 0 Å². The van der Waals surface area contributed by atoms with E-state index in [2.05, 4.69) is 17.1 Å². The second kappa shape index (κ2) is 3.05. The van der Waals surface area contributed by atoms with Gasteiger partial charge in [-0.3, -0.25) is 4.98 Å². The number of aromatic nitrogens is 1. The van der Waals surface area contributed by atoms with Crippen molar-refractivity contribution < 1.29 is 0 Å². The summed E-state index contributed by atoms with van der Waals surface area (Å²) in [5, 5.41) is 0. The van der Waals surface area contributed by atoms with Crippen LogP contribution in [0.3, 0.4) is 0 Å². The van der Waals surface area contributed by atoms with E-state index in [0.29, 0.717) is 11.8 Å². The van der Waals surface area contributed by atoms with Crippen LogP contribution in [0.5, 0.6) is 0 Å². The van der Waals surface area contributed by atoms with E-state index in [0.717, 1.165) is 11.4 Å². The minimum atomic E-state index is -0.0808. The SMILES string of the molecule is Cc1cccc(C2(N)C3CCCCC32)n1. The Kier molecular flexibility index (Phi) is 1.90. The fourth-order valence-electron chi connectivity index (χ4n) is 3.34. The molecule has 0 aliphatic heterocycles. The average molecular weight is 202 g/mol. The Balaban J connectivity index is 1.94. The molecule has 2 nitrogen and oxygen atoms in total. The summed E-state index contributed by atoms with van der Waals surface area (Å²) >= 11 is 0. The zero-order valence-corrected chi connectivity index (χ0v) is 9.24. The molecule has 2 fully saturated rings. The number of rotatable bonds is 1. The van der Waals surface area contributed by atoms with Crippen molar-refractivity contribution in [3.8, 4) is 0 Å². The van der Waals surface area contributed by atoms with Gasteiger partial charge in [0.2, 0.25) is 0 Å². The Morgan fingerprint density at radius 2 is 1.93 bits per heavy atom. The minimum absolute atomic E-state index is 0.0808. The summed E-state index contributed by atoms with van der Waals surface area (Å²) in [7, 11) is 0. The van der Waals surface area contributed by atoms with Gasteiger partial charge in [-0.25, -0.2) is 0 Å². The van der Waals surface area contributed by atoms with Crippen LogP contribution >= 0.6 is 0 Å². The molecule has 2 heteroatoms. The van der Waals surface area contributed by atoms with Gasteiger partial charge in [0.25, 0.3) is 0 Å². The molecule has 0 radical (unpaired) electrons. The van der Waals surface area contributed by atoms with E-state index < -0.39 is 0 Å². The lowest BCUT2D eigenvalue weighted by atomic mass is 10.0. The second-order valence-electron chi connectivity index (χ2n) is 5.09. The van der Waals surface area contributed by atoms with Gasteiger partial charge in [-0.05, 0) is 43.7 Å². The summed E-state index contributed by atoms with van der Waals surface area (Å²) in [4.78, 5) is 4.61. The van der Waals surface area contributed by atoms with Gasteiger partial charge in [0.1, 0.15) is 0 Å². The average Bonchev–Trinajstić information content (AvgIpc) is 2.87. The summed E-state index contributed by atoms with van der Waals surface area (Å²) in [5.74, 6) is 1.42. The number of nitrogens with zero attached hydrogens (tertiary/aromatic N) is 1.